The van der Waals surface area contributed by atoms with Crippen molar-refractivity contribution in [1.82, 2.24) is 9.80 Å². The van der Waals surface area contributed by atoms with E-state index < -0.39 is 0 Å². The van der Waals surface area contributed by atoms with Crippen LogP contribution in [-0.4, -0.2) is 81.1 Å². The average molecular weight is 406 g/mol. The van der Waals surface area contributed by atoms with Gasteiger partial charge in [-0.15, -0.1) is 0 Å². The molecule has 1 N–H and O–H groups in total. The topological polar surface area (TPSA) is 63.3 Å². The van der Waals surface area contributed by atoms with Crippen LogP contribution in [0.25, 0.3) is 0 Å². The summed E-state index contributed by atoms with van der Waals surface area (Å²) in [6.45, 7) is 9.31. The summed E-state index contributed by atoms with van der Waals surface area (Å²) in [6.07, 6.45) is 3.93. The van der Waals surface area contributed by atoms with E-state index in [2.05, 4.69) is 17.1 Å². The third-order valence-electron chi connectivity index (χ3n) is 5.53. The fourth-order valence-electron chi connectivity index (χ4n) is 3.68. The van der Waals surface area contributed by atoms with Crippen molar-refractivity contribution in [2.45, 2.75) is 38.6 Å². The Morgan fingerprint density at radius 1 is 1.14 bits per heavy atom. The van der Waals surface area contributed by atoms with Crippen molar-refractivity contribution in [3.05, 3.63) is 24.3 Å². The van der Waals surface area contributed by atoms with Crippen molar-refractivity contribution in [2.75, 3.05) is 64.5 Å². The van der Waals surface area contributed by atoms with E-state index in [1.54, 1.807) is 0 Å². The number of morpholine rings is 1. The molecule has 0 radical (unpaired) electrons. The van der Waals surface area contributed by atoms with Crippen molar-refractivity contribution in [3.8, 4) is 5.75 Å². The lowest BCUT2D eigenvalue weighted by molar-refractivity contribution is 0.0238. The van der Waals surface area contributed by atoms with E-state index in [0.717, 1.165) is 89.8 Å². The maximum atomic E-state index is 13.1. The maximum absolute atomic E-state index is 13.1. The van der Waals surface area contributed by atoms with E-state index in [4.69, 9.17) is 14.2 Å². The van der Waals surface area contributed by atoms with Crippen LogP contribution < -0.4 is 10.1 Å². The number of hydrogen-bond acceptors (Lipinski definition) is 5. The molecule has 0 saturated carbocycles. The zero-order valence-corrected chi connectivity index (χ0v) is 17.6. The number of urea groups is 1. The molecule has 0 atom stereocenters. The van der Waals surface area contributed by atoms with Crippen LogP contribution in [0.5, 0.6) is 5.75 Å². The van der Waals surface area contributed by atoms with Gasteiger partial charge in [-0.25, -0.2) is 4.79 Å². The van der Waals surface area contributed by atoms with Crippen LogP contribution in [0.2, 0.25) is 0 Å². The smallest absolute Gasteiger partial charge is 0.322 e. The van der Waals surface area contributed by atoms with E-state index in [1.165, 1.54) is 0 Å². The van der Waals surface area contributed by atoms with Crippen LogP contribution in [0.4, 0.5) is 10.5 Å². The fourth-order valence-corrected chi connectivity index (χ4v) is 3.68. The van der Waals surface area contributed by atoms with Gasteiger partial charge in [-0.2, -0.15) is 0 Å². The average Bonchev–Trinajstić information content (AvgIpc) is 2.77. The first-order valence-corrected chi connectivity index (χ1v) is 10.9. The van der Waals surface area contributed by atoms with Crippen LogP contribution in [0, 0.1) is 0 Å². The maximum Gasteiger partial charge on any atom is 0.322 e. The third-order valence-corrected chi connectivity index (χ3v) is 5.53. The summed E-state index contributed by atoms with van der Waals surface area (Å²) in [5, 5.41) is 3.07. The molecule has 0 unspecified atom stereocenters. The Morgan fingerprint density at radius 2 is 1.83 bits per heavy atom. The number of carbonyl (C=O) groups excluding carboxylic acids is 1. The molecule has 2 aliphatic heterocycles. The molecule has 2 heterocycles. The molecule has 7 heteroatoms. The standard InChI is InChI=1S/C22H35N3O4/c1-2-3-14-29-21-6-4-19(5-7-21)23-22(26)25(20-8-15-27-16-9-20)11-10-24-12-17-28-18-13-24/h4-7,20H,2-3,8-18H2,1H3,(H,23,26). The highest BCUT2D eigenvalue weighted by Crippen LogP contribution is 2.19. The van der Waals surface area contributed by atoms with Gasteiger partial charge in [0, 0.05) is 51.1 Å². The Balaban J connectivity index is 1.56. The first-order valence-electron chi connectivity index (χ1n) is 10.9. The van der Waals surface area contributed by atoms with Gasteiger partial charge in [0.2, 0.25) is 0 Å². The van der Waals surface area contributed by atoms with Crippen LogP contribution >= 0.6 is 0 Å². The normalized spacial score (nSPS) is 18.4. The number of amides is 2. The number of rotatable bonds is 9. The van der Waals surface area contributed by atoms with Gasteiger partial charge in [-0.3, -0.25) is 4.90 Å². The number of unbranched alkanes of at least 4 members (excludes halogenated alkanes) is 1. The van der Waals surface area contributed by atoms with Gasteiger partial charge in [-0.1, -0.05) is 13.3 Å². The molecular weight excluding hydrogens is 370 g/mol. The molecule has 1 aromatic rings. The van der Waals surface area contributed by atoms with E-state index in [9.17, 15) is 4.79 Å². The van der Waals surface area contributed by atoms with Crippen molar-refractivity contribution in [1.29, 1.82) is 0 Å². The number of anilines is 1. The summed E-state index contributed by atoms with van der Waals surface area (Å²) in [6, 6.07) is 7.83. The number of nitrogens with zero attached hydrogens (tertiary/aromatic N) is 2. The van der Waals surface area contributed by atoms with Crippen molar-refractivity contribution in [3.63, 3.8) is 0 Å². The minimum Gasteiger partial charge on any atom is -0.494 e. The van der Waals surface area contributed by atoms with E-state index >= 15 is 0 Å². The summed E-state index contributed by atoms with van der Waals surface area (Å²) in [4.78, 5) is 17.4. The van der Waals surface area contributed by atoms with Crippen molar-refractivity contribution in [2.24, 2.45) is 0 Å². The summed E-state index contributed by atoms with van der Waals surface area (Å²) < 4.78 is 16.6. The SMILES string of the molecule is CCCCOc1ccc(NC(=O)N(CCN2CCOCC2)C2CCOCC2)cc1. The molecule has 3 rings (SSSR count). The van der Waals surface area contributed by atoms with Crippen LogP contribution in [-0.2, 0) is 9.47 Å². The van der Waals surface area contributed by atoms with E-state index in [-0.39, 0.29) is 12.1 Å². The lowest BCUT2D eigenvalue weighted by atomic mass is 10.1. The second kappa shape index (κ2) is 12.0. The van der Waals surface area contributed by atoms with Gasteiger partial charge in [0.25, 0.3) is 0 Å². The van der Waals surface area contributed by atoms with Crippen molar-refractivity contribution >= 4 is 11.7 Å². The molecule has 162 valence electrons. The highest BCUT2D eigenvalue weighted by molar-refractivity contribution is 5.89. The number of benzene rings is 1. The highest BCUT2D eigenvalue weighted by Gasteiger charge is 2.26. The number of carbonyl (C=O) groups is 1. The second-order valence-corrected chi connectivity index (χ2v) is 7.65. The molecule has 7 nitrogen and oxygen atoms in total. The van der Waals surface area contributed by atoms with Crippen LogP contribution in [0.3, 0.4) is 0 Å². The molecule has 0 aromatic heterocycles. The first kappa shape index (κ1) is 21.9. The van der Waals surface area contributed by atoms with Crippen LogP contribution in [0.1, 0.15) is 32.6 Å². The van der Waals surface area contributed by atoms with Gasteiger partial charge in [0.05, 0.1) is 19.8 Å². The molecule has 2 amide bonds. The Kier molecular flexibility index (Phi) is 9.05. The Hall–Kier alpha value is -1.83. The third kappa shape index (κ3) is 7.17. The van der Waals surface area contributed by atoms with Gasteiger partial charge in [0.15, 0.2) is 0 Å². The second-order valence-electron chi connectivity index (χ2n) is 7.65. The first-order chi connectivity index (χ1) is 14.3. The highest BCUT2D eigenvalue weighted by atomic mass is 16.5. The zero-order valence-electron chi connectivity index (χ0n) is 17.6. The predicted molar refractivity (Wildman–Crippen MR) is 114 cm³/mol. The summed E-state index contributed by atoms with van der Waals surface area (Å²) in [5.74, 6) is 0.838. The monoisotopic (exact) mass is 405 g/mol. The van der Waals surface area contributed by atoms with Gasteiger partial charge in [0.1, 0.15) is 5.75 Å². The van der Waals surface area contributed by atoms with Gasteiger partial charge >= 0.3 is 6.03 Å². The Labute approximate surface area is 174 Å². The van der Waals surface area contributed by atoms with E-state index in [1.807, 2.05) is 29.2 Å². The fraction of sp³-hybridized carbons (Fsp3) is 0.682. The number of nitrogens with one attached hydrogen (secondary N) is 1. The Bertz CT molecular complexity index is 599. The minimum atomic E-state index is -0.0372. The van der Waals surface area contributed by atoms with Gasteiger partial charge < -0.3 is 24.4 Å². The number of hydrogen-bond donors (Lipinski definition) is 1. The van der Waals surface area contributed by atoms with Crippen molar-refractivity contribution < 1.29 is 19.0 Å². The predicted octanol–water partition coefficient (Wildman–Crippen LogP) is 3.21. The largest absolute Gasteiger partial charge is 0.494 e. The molecule has 1 aromatic carbocycles. The lowest BCUT2D eigenvalue weighted by Gasteiger charge is -2.36. The molecule has 0 spiro atoms. The lowest BCUT2D eigenvalue weighted by Crippen LogP contribution is -2.49. The minimum absolute atomic E-state index is 0.0372. The molecule has 29 heavy (non-hydrogen) atoms. The molecule has 2 aliphatic rings. The van der Waals surface area contributed by atoms with Crippen LogP contribution in [0.15, 0.2) is 24.3 Å². The summed E-state index contributed by atoms with van der Waals surface area (Å²) in [7, 11) is 0. The summed E-state index contributed by atoms with van der Waals surface area (Å²) >= 11 is 0. The quantitative estimate of drug-likeness (QED) is 0.639. The molecule has 2 saturated heterocycles. The van der Waals surface area contributed by atoms with E-state index in [0.29, 0.717) is 6.54 Å². The zero-order chi connectivity index (χ0) is 20.3. The molecule has 0 bridgehead atoms. The summed E-state index contributed by atoms with van der Waals surface area (Å²) in [5.41, 5.74) is 0.793. The Morgan fingerprint density at radius 3 is 2.52 bits per heavy atom. The van der Waals surface area contributed by atoms with Gasteiger partial charge in [-0.05, 0) is 43.5 Å². The molecule has 0 aliphatic carbocycles. The molecular formula is C22H35N3O4. The number of ether oxygens (including phenoxy) is 3. The molecule has 2 fully saturated rings.